The molecule has 0 saturated carbocycles. The average molecular weight is 133 g/mol. The maximum atomic E-state index is 4.19. The van der Waals surface area contributed by atoms with Crippen molar-refractivity contribution >= 4 is 12.6 Å². The van der Waals surface area contributed by atoms with Crippen LogP contribution < -0.4 is 0 Å². The van der Waals surface area contributed by atoms with Crippen molar-refractivity contribution in [3.05, 3.63) is 0 Å². The van der Waals surface area contributed by atoms with Crippen LogP contribution in [0.3, 0.4) is 0 Å². The molecule has 0 radical (unpaired) electrons. The molecule has 1 nitrogen and oxygen atoms in total. The van der Waals surface area contributed by atoms with Crippen molar-refractivity contribution < 1.29 is 0 Å². The second-order valence-corrected chi connectivity index (χ2v) is 2.57. The maximum Gasteiger partial charge on any atom is 0.0175 e. The largest absolute Gasteiger partial charge is 0.306 e. The van der Waals surface area contributed by atoms with Crippen molar-refractivity contribution in [2.75, 3.05) is 19.8 Å². The second-order valence-electron chi connectivity index (χ2n) is 2.21. The van der Waals surface area contributed by atoms with Gasteiger partial charge in [-0.3, -0.25) is 0 Å². The van der Waals surface area contributed by atoms with Gasteiger partial charge < -0.3 is 4.90 Å². The number of hydrogen-bond acceptors (Lipinski definition) is 2. The van der Waals surface area contributed by atoms with Gasteiger partial charge in [0, 0.05) is 11.8 Å². The third kappa shape index (κ3) is 2.58. The van der Waals surface area contributed by atoms with Crippen molar-refractivity contribution in [3.8, 4) is 0 Å². The summed E-state index contributed by atoms with van der Waals surface area (Å²) in [4.78, 5) is 2.20. The van der Waals surface area contributed by atoms with E-state index in [4.69, 9.17) is 0 Å². The Kier molecular flexibility index (Phi) is 4.38. The van der Waals surface area contributed by atoms with Crippen LogP contribution in [-0.2, 0) is 0 Å². The normalized spacial score (nSPS) is 14.6. The van der Waals surface area contributed by atoms with E-state index in [9.17, 15) is 0 Å². The van der Waals surface area contributed by atoms with Crippen molar-refractivity contribution in [2.24, 2.45) is 0 Å². The van der Waals surface area contributed by atoms with Gasteiger partial charge in [0.05, 0.1) is 0 Å². The van der Waals surface area contributed by atoms with E-state index in [2.05, 4.69) is 38.5 Å². The molecule has 50 valence electrons. The Balaban J connectivity index is 3.35. The van der Waals surface area contributed by atoms with E-state index in [-0.39, 0.29) is 0 Å². The molecule has 1 atom stereocenters. The summed E-state index contributed by atoms with van der Waals surface area (Å²) in [5, 5.41) is 0. The Morgan fingerprint density at radius 1 is 1.50 bits per heavy atom. The SMILES string of the molecule is CC[C@H](CS)N(C)C. The van der Waals surface area contributed by atoms with Crippen LogP contribution in [0.2, 0.25) is 0 Å². The lowest BCUT2D eigenvalue weighted by atomic mass is 10.2. The zero-order valence-corrected chi connectivity index (χ0v) is 6.78. The fraction of sp³-hybridized carbons (Fsp3) is 1.00. The molecular weight excluding hydrogens is 118 g/mol. The highest BCUT2D eigenvalue weighted by Gasteiger charge is 2.03. The Hall–Kier alpha value is 0.310. The smallest absolute Gasteiger partial charge is 0.0175 e. The van der Waals surface area contributed by atoms with Gasteiger partial charge in [-0.25, -0.2) is 0 Å². The van der Waals surface area contributed by atoms with Gasteiger partial charge in [-0.1, -0.05) is 6.92 Å². The number of rotatable bonds is 3. The first-order valence-electron chi connectivity index (χ1n) is 2.99. The molecule has 0 spiro atoms. The minimum atomic E-state index is 0.651. The average Bonchev–Trinajstić information content (AvgIpc) is 1.69. The molecule has 0 aromatic rings. The molecule has 8 heavy (non-hydrogen) atoms. The first-order chi connectivity index (χ1) is 3.72. The van der Waals surface area contributed by atoms with Gasteiger partial charge in [0.1, 0.15) is 0 Å². The summed E-state index contributed by atoms with van der Waals surface area (Å²) in [5.74, 6) is 0.962. The molecule has 0 rings (SSSR count). The fourth-order valence-corrected chi connectivity index (χ4v) is 1.24. The summed E-state index contributed by atoms with van der Waals surface area (Å²) in [6, 6.07) is 0.651. The lowest BCUT2D eigenvalue weighted by Gasteiger charge is -2.19. The van der Waals surface area contributed by atoms with E-state index in [0.717, 1.165) is 5.75 Å². The van der Waals surface area contributed by atoms with E-state index >= 15 is 0 Å². The van der Waals surface area contributed by atoms with E-state index in [1.165, 1.54) is 6.42 Å². The van der Waals surface area contributed by atoms with Crippen molar-refractivity contribution in [2.45, 2.75) is 19.4 Å². The van der Waals surface area contributed by atoms with E-state index in [1.807, 2.05) is 0 Å². The monoisotopic (exact) mass is 133 g/mol. The predicted molar refractivity (Wildman–Crippen MR) is 41.6 cm³/mol. The predicted octanol–water partition coefficient (Wildman–Crippen LogP) is 1.26. The molecule has 0 N–H and O–H groups in total. The first kappa shape index (κ1) is 8.31. The minimum absolute atomic E-state index is 0.651. The van der Waals surface area contributed by atoms with Crippen LogP contribution in [0.5, 0.6) is 0 Å². The zero-order valence-electron chi connectivity index (χ0n) is 5.89. The Morgan fingerprint density at radius 3 is 2.00 bits per heavy atom. The summed E-state index contributed by atoms with van der Waals surface area (Å²) < 4.78 is 0. The van der Waals surface area contributed by atoms with Gasteiger partial charge in [-0.2, -0.15) is 12.6 Å². The topological polar surface area (TPSA) is 3.24 Å². The minimum Gasteiger partial charge on any atom is -0.306 e. The molecular formula is C6H15NS. The zero-order chi connectivity index (χ0) is 6.57. The molecule has 2 heteroatoms. The van der Waals surface area contributed by atoms with E-state index < -0.39 is 0 Å². The molecule has 0 aromatic carbocycles. The van der Waals surface area contributed by atoms with Crippen LogP contribution in [0.1, 0.15) is 13.3 Å². The number of hydrogen-bond donors (Lipinski definition) is 1. The third-order valence-corrected chi connectivity index (χ3v) is 1.83. The van der Waals surface area contributed by atoms with Crippen LogP contribution in [0, 0.1) is 0 Å². The van der Waals surface area contributed by atoms with Crippen molar-refractivity contribution in [3.63, 3.8) is 0 Å². The third-order valence-electron chi connectivity index (χ3n) is 1.41. The molecule has 0 aliphatic carbocycles. The lowest BCUT2D eigenvalue weighted by Crippen LogP contribution is -2.28. The van der Waals surface area contributed by atoms with Crippen molar-refractivity contribution in [1.82, 2.24) is 4.90 Å². The molecule has 0 aliphatic heterocycles. The van der Waals surface area contributed by atoms with Crippen LogP contribution in [-0.4, -0.2) is 30.8 Å². The molecule has 0 unspecified atom stereocenters. The standard InChI is InChI=1S/C6H15NS/c1-4-6(5-8)7(2)3/h6,8H,4-5H2,1-3H3/t6-/m1/s1. The van der Waals surface area contributed by atoms with E-state index in [1.54, 1.807) is 0 Å². The molecule has 0 aromatic heterocycles. The molecule has 0 saturated heterocycles. The Labute approximate surface area is 57.5 Å². The van der Waals surface area contributed by atoms with Crippen LogP contribution in [0.15, 0.2) is 0 Å². The van der Waals surface area contributed by atoms with Crippen LogP contribution in [0.4, 0.5) is 0 Å². The quantitative estimate of drug-likeness (QED) is 0.567. The molecule has 0 bridgehead atoms. The maximum absolute atomic E-state index is 4.19. The highest BCUT2D eigenvalue weighted by Crippen LogP contribution is 1.99. The first-order valence-corrected chi connectivity index (χ1v) is 3.62. The number of thiol groups is 1. The summed E-state index contributed by atoms with van der Waals surface area (Å²) >= 11 is 4.19. The highest BCUT2D eigenvalue weighted by atomic mass is 32.1. The van der Waals surface area contributed by atoms with Gasteiger partial charge >= 0.3 is 0 Å². The molecule has 0 fully saturated rings. The van der Waals surface area contributed by atoms with Gasteiger partial charge in [-0.05, 0) is 20.5 Å². The van der Waals surface area contributed by atoms with Crippen LogP contribution in [0.25, 0.3) is 0 Å². The van der Waals surface area contributed by atoms with Gasteiger partial charge in [0.15, 0.2) is 0 Å². The summed E-state index contributed by atoms with van der Waals surface area (Å²) in [6.07, 6.45) is 1.19. The Morgan fingerprint density at radius 2 is 2.00 bits per heavy atom. The van der Waals surface area contributed by atoms with Crippen molar-refractivity contribution in [1.29, 1.82) is 0 Å². The van der Waals surface area contributed by atoms with Gasteiger partial charge in [0.2, 0.25) is 0 Å². The summed E-state index contributed by atoms with van der Waals surface area (Å²) in [6.45, 7) is 2.18. The van der Waals surface area contributed by atoms with Gasteiger partial charge in [-0.15, -0.1) is 0 Å². The van der Waals surface area contributed by atoms with Crippen LogP contribution >= 0.6 is 12.6 Å². The molecule has 0 amide bonds. The van der Waals surface area contributed by atoms with Gasteiger partial charge in [0.25, 0.3) is 0 Å². The fourth-order valence-electron chi connectivity index (χ4n) is 0.658. The molecule has 0 heterocycles. The molecule has 0 aliphatic rings. The number of nitrogens with zero attached hydrogens (tertiary/aromatic N) is 1. The second kappa shape index (κ2) is 4.21. The lowest BCUT2D eigenvalue weighted by molar-refractivity contribution is 0.312. The Bertz CT molecular complexity index is 50.5. The summed E-state index contributed by atoms with van der Waals surface area (Å²) in [5.41, 5.74) is 0. The highest BCUT2D eigenvalue weighted by molar-refractivity contribution is 7.80. The van der Waals surface area contributed by atoms with E-state index in [0.29, 0.717) is 6.04 Å². The summed E-state index contributed by atoms with van der Waals surface area (Å²) in [7, 11) is 4.18.